The van der Waals surface area contributed by atoms with Gasteiger partial charge >= 0.3 is 0 Å². The lowest BCUT2D eigenvalue weighted by Gasteiger charge is -2.45. The van der Waals surface area contributed by atoms with Crippen molar-refractivity contribution in [2.75, 3.05) is 55.9 Å². The van der Waals surface area contributed by atoms with Crippen molar-refractivity contribution in [2.45, 2.75) is 49.2 Å². The summed E-state index contributed by atoms with van der Waals surface area (Å²) in [4.78, 5) is 0. The van der Waals surface area contributed by atoms with Crippen LogP contribution in [0.2, 0.25) is 0 Å². The summed E-state index contributed by atoms with van der Waals surface area (Å²) in [6.45, 7) is 0.609. The molecule has 8 unspecified atom stereocenters. The van der Waals surface area contributed by atoms with E-state index >= 15 is 0 Å². The first-order chi connectivity index (χ1) is 12.1. The van der Waals surface area contributed by atoms with Crippen LogP contribution in [0.25, 0.3) is 0 Å². The predicted molar refractivity (Wildman–Crippen MR) is 85.3 cm³/mol. The van der Waals surface area contributed by atoms with Crippen molar-refractivity contribution in [1.29, 1.82) is 0 Å². The molecule has 0 amide bonds. The monoisotopic (exact) mass is 366 g/mol. The van der Waals surface area contributed by atoms with Crippen molar-refractivity contribution in [3.8, 4) is 0 Å². The molecular formula is C16H30O9. The van der Waals surface area contributed by atoms with Crippen LogP contribution in [0.4, 0.5) is 0 Å². The van der Waals surface area contributed by atoms with Crippen molar-refractivity contribution in [3.05, 3.63) is 0 Å². The molecule has 0 aromatic rings. The van der Waals surface area contributed by atoms with E-state index in [2.05, 4.69) is 0 Å². The van der Waals surface area contributed by atoms with Crippen LogP contribution < -0.4 is 0 Å². The Morgan fingerprint density at radius 2 is 1.00 bits per heavy atom. The molecule has 2 rings (SSSR count). The number of rotatable bonds is 8. The predicted octanol–water partition coefficient (Wildman–Crippen LogP) is -0.194. The summed E-state index contributed by atoms with van der Waals surface area (Å²) in [7, 11) is 9.53. The average molecular weight is 366 g/mol. The molecule has 0 saturated carbocycles. The molecule has 0 aliphatic carbocycles. The maximum atomic E-state index is 6.12. The highest BCUT2D eigenvalue weighted by Gasteiger charge is 2.47. The van der Waals surface area contributed by atoms with E-state index in [9.17, 15) is 0 Å². The highest BCUT2D eigenvalue weighted by molar-refractivity contribution is 4.90. The summed E-state index contributed by atoms with van der Waals surface area (Å²) in [5.74, 6) is 0. The van der Waals surface area contributed by atoms with Crippen molar-refractivity contribution in [3.63, 3.8) is 0 Å². The molecule has 2 heterocycles. The summed E-state index contributed by atoms with van der Waals surface area (Å²) >= 11 is 0. The van der Waals surface area contributed by atoms with Gasteiger partial charge in [-0.05, 0) is 0 Å². The quantitative estimate of drug-likeness (QED) is 0.580. The Hall–Kier alpha value is -0.360. The van der Waals surface area contributed by atoms with E-state index in [-0.39, 0.29) is 24.9 Å². The zero-order chi connectivity index (χ0) is 18.4. The minimum atomic E-state index is -0.649. The van der Waals surface area contributed by atoms with Crippen molar-refractivity contribution < 1.29 is 42.6 Å². The largest absolute Gasteiger partial charge is 0.376 e. The molecule has 0 aromatic heterocycles. The highest BCUT2D eigenvalue weighted by Crippen LogP contribution is 2.28. The number of hydrogen-bond donors (Lipinski definition) is 0. The third kappa shape index (κ3) is 4.49. The standard InChI is InChI=1S/C16H30O9/c1-17-9-7-24-16(14(21-5)11(9)18-2)25-10-8-23-15(22-6)13(20-4)12(10)19-3/h9-16H,7-8H2,1-6H3. The van der Waals surface area contributed by atoms with Crippen LogP contribution in [0.3, 0.4) is 0 Å². The SMILES string of the molecule is COC1COC(OC2COC(OC)C(OC)C2OC)C(OC)C1OC. The first-order valence-corrected chi connectivity index (χ1v) is 8.20. The second-order valence-electron chi connectivity index (χ2n) is 5.89. The van der Waals surface area contributed by atoms with Gasteiger partial charge in [0.1, 0.15) is 36.6 Å². The Morgan fingerprint density at radius 1 is 0.520 bits per heavy atom. The topological polar surface area (TPSA) is 83.1 Å². The second kappa shape index (κ2) is 10.1. The lowest BCUT2D eigenvalue weighted by atomic mass is 10.0. The van der Waals surface area contributed by atoms with E-state index in [1.54, 1.807) is 42.7 Å². The zero-order valence-electron chi connectivity index (χ0n) is 15.7. The summed E-state index contributed by atoms with van der Waals surface area (Å²) in [5.41, 5.74) is 0. The van der Waals surface area contributed by atoms with Gasteiger partial charge in [0.2, 0.25) is 0 Å². The Balaban J connectivity index is 2.08. The van der Waals surface area contributed by atoms with Gasteiger partial charge in [0.15, 0.2) is 12.6 Å². The molecule has 0 N–H and O–H groups in total. The maximum Gasteiger partial charge on any atom is 0.187 e. The molecule has 2 aliphatic rings. The third-order valence-electron chi connectivity index (χ3n) is 4.70. The van der Waals surface area contributed by atoms with Gasteiger partial charge < -0.3 is 42.6 Å². The molecule has 148 valence electrons. The minimum Gasteiger partial charge on any atom is -0.376 e. The van der Waals surface area contributed by atoms with Crippen LogP contribution in [-0.4, -0.2) is 105 Å². The summed E-state index contributed by atoms with van der Waals surface area (Å²) < 4.78 is 50.4. The molecule has 2 aliphatic heterocycles. The zero-order valence-corrected chi connectivity index (χ0v) is 15.7. The lowest BCUT2D eigenvalue weighted by Crippen LogP contribution is -2.61. The highest BCUT2D eigenvalue weighted by atomic mass is 16.7. The number of hydrogen-bond acceptors (Lipinski definition) is 9. The van der Waals surface area contributed by atoms with Gasteiger partial charge in [-0.3, -0.25) is 0 Å². The fraction of sp³-hybridized carbons (Fsp3) is 1.00. The Bertz CT molecular complexity index is 349. The molecular weight excluding hydrogens is 336 g/mol. The first kappa shape index (κ1) is 20.9. The van der Waals surface area contributed by atoms with Gasteiger partial charge in [-0.1, -0.05) is 0 Å². The Labute approximate surface area is 148 Å². The van der Waals surface area contributed by atoms with E-state index in [4.69, 9.17) is 42.6 Å². The minimum absolute atomic E-state index is 0.236. The molecule has 25 heavy (non-hydrogen) atoms. The van der Waals surface area contributed by atoms with Gasteiger partial charge in [0.05, 0.1) is 13.2 Å². The van der Waals surface area contributed by atoms with Gasteiger partial charge in [-0.2, -0.15) is 0 Å². The summed E-state index contributed by atoms with van der Waals surface area (Å²) in [5, 5.41) is 0. The van der Waals surface area contributed by atoms with E-state index < -0.39 is 30.9 Å². The number of ether oxygens (including phenoxy) is 9. The summed E-state index contributed by atoms with van der Waals surface area (Å²) in [6.07, 6.45) is -3.41. The fourth-order valence-electron chi connectivity index (χ4n) is 3.36. The van der Waals surface area contributed by atoms with Gasteiger partial charge in [-0.25, -0.2) is 0 Å². The van der Waals surface area contributed by atoms with Gasteiger partial charge in [-0.15, -0.1) is 0 Å². The second-order valence-corrected chi connectivity index (χ2v) is 5.89. The normalized spacial score (nSPS) is 42.5. The van der Waals surface area contributed by atoms with Crippen LogP contribution >= 0.6 is 0 Å². The molecule has 2 saturated heterocycles. The van der Waals surface area contributed by atoms with Crippen molar-refractivity contribution in [2.24, 2.45) is 0 Å². The van der Waals surface area contributed by atoms with Crippen LogP contribution in [0.15, 0.2) is 0 Å². The van der Waals surface area contributed by atoms with Crippen LogP contribution in [0, 0.1) is 0 Å². The Morgan fingerprint density at radius 3 is 1.52 bits per heavy atom. The van der Waals surface area contributed by atoms with Crippen LogP contribution in [-0.2, 0) is 42.6 Å². The molecule has 0 radical (unpaired) electrons. The van der Waals surface area contributed by atoms with Gasteiger partial charge in [0, 0.05) is 42.7 Å². The van der Waals surface area contributed by atoms with Crippen molar-refractivity contribution >= 4 is 0 Å². The average Bonchev–Trinajstić information content (AvgIpc) is 2.66. The number of methoxy groups -OCH3 is 6. The molecule has 8 atom stereocenters. The van der Waals surface area contributed by atoms with Crippen LogP contribution in [0.5, 0.6) is 0 Å². The Kier molecular flexibility index (Phi) is 8.46. The van der Waals surface area contributed by atoms with E-state index in [0.717, 1.165) is 0 Å². The molecule has 9 heteroatoms. The van der Waals surface area contributed by atoms with E-state index in [1.165, 1.54) is 0 Å². The molecule has 2 fully saturated rings. The van der Waals surface area contributed by atoms with Crippen LogP contribution in [0.1, 0.15) is 0 Å². The van der Waals surface area contributed by atoms with Crippen molar-refractivity contribution in [1.82, 2.24) is 0 Å². The maximum absolute atomic E-state index is 6.12. The molecule has 0 aromatic carbocycles. The van der Waals surface area contributed by atoms with E-state index in [1.807, 2.05) is 0 Å². The summed E-state index contributed by atoms with van der Waals surface area (Å²) in [6, 6.07) is 0. The van der Waals surface area contributed by atoms with Gasteiger partial charge in [0.25, 0.3) is 0 Å². The first-order valence-electron chi connectivity index (χ1n) is 8.20. The van der Waals surface area contributed by atoms with E-state index in [0.29, 0.717) is 6.61 Å². The smallest absolute Gasteiger partial charge is 0.187 e. The third-order valence-corrected chi connectivity index (χ3v) is 4.70. The fourth-order valence-corrected chi connectivity index (χ4v) is 3.36. The molecule has 0 bridgehead atoms. The molecule has 0 spiro atoms. The molecule has 9 nitrogen and oxygen atoms in total. The lowest BCUT2D eigenvalue weighted by molar-refractivity contribution is -0.335.